The number of hydrazone groups is 1. The highest BCUT2D eigenvalue weighted by atomic mass is 79.9. The maximum absolute atomic E-state index is 11.5. The van der Waals surface area contributed by atoms with E-state index in [1.807, 2.05) is 31.2 Å². The Morgan fingerprint density at radius 1 is 1.21 bits per heavy atom. The molecule has 1 N–H and O–H groups in total. The number of rotatable bonds is 3. The van der Waals surface area contributed by atoms with Gasteiger partial charge in [-0.1, -0.05) is 58.2 Å². The van der Waals surface area contributed by atoms with Gasteiger partial charge in [0.1, 0.15) is 0 Å². The van der Waals surface area contributed by atoms with Crippen LogP contribution in [0, 0.1) is 5.92 Å². The number of hydrogen-bond donors (Lipinski definition) is 1. The molecule has 0 bridgehead atoms. The number of benzene rings is 2. The zero-order valence-corrected chi connectivity index (χ0v) is 15.7. The van der Waals surface area contributed by atoms with Crippen LogP contribution in [-0.2, 0) is 4.79 Å². The number of carboxylic acids is 1. The Bertz CT molecular complexity index is 824. The van der Waals surface area contributed by atoms with Crippen molar-refractivity contribution in [2.45, 2.75) is 13.0 Å². The van der Waals surface area contributed by atoms with Crippen molar-refractivity contribution in [3.8, 4) is 0 Å². The van der Waals surface area contributed by atoms with Crippen LogP contribution < -0.4 is 5.01 Å². The van der Waals surface area contributed by atoms with E-state index in [1.165, 1.54) is 0 Å². The first-order valence-electron chi connectivity index (χ1n) is 7.20. The zero-order valence-electron chi connectivity index (χ0n) is 12.6. The van der Waals surface area contributed by atoms with Crippen LogP contribution in [0.15, 0.2) is 52.0 Å². The van der Waals surface area contributed by atoms with Gasteiger partial charge in [-0.3, -0.25) is 5.01 Å². The minimum atomic E-state index is -1.03. The number of halogens is 3. The number of aliphatic carboxylic acids is 1. The van der Waals surface area contributed by atoms with Gasteiger partial charge in [-0.25, -0.2) is 4.79 Å². The lowest BCUT2D eigenvalue weighted by atomic mass is 9.91. The minimum absolute atomic E-state index is 0.105. The van der Waals surface area contributed by atoms with Crippen molar-refractivity contribution in [2.75, 3.05) is 5.01 Å². The second-order valence-electron chi connectivity index (χ2n) is 5.52. The molecule has 7 heteroatoms. The molecule has 4 nitrogen and oxygen atoms in total. The molecule has 1 aliphatic rings. The van der Waals surface area contributed by atoms with E-state index in [2.05, 4.69) is 21.0 Å². The average Bonchev–Trinajstić information content (AvgIpc) is 2.86. The van der Waals surface area contributed by atoms with Gasteiger partial charge in [0.2, 0.25) is 0 Å². The average molecular weight is 428 g/mol. The van der Waals surface area contributed by atoms with Crippen LogP contribution in [0.25, 0.3) is 0 Å². The number of hydrogen-bond acceptors (Lipinski definition) is 3. The van der Waals surface area contributed by atoms with Crippen molar-refractivity contribution in [3.63, 3.8) is 0 Å². The van der Waals surface area contributed by atoms with Crippen molar-refractivity contribution >= 4 is 56.5 Å². The van der Waals surface area contributed by atoms with E-state index in [1.54, 1.807) is 23.2 Å². The molecule has 0 aliphatic carbocycles. The first-order valence-corrected chi connectivity index (χ1v) is 8.75. The Hall–Kier alpha value is -1.56. The third-order valence-electron chi connectivity index (χ3n) is 3.97. The lowest BCUT2D eigenvalue weighted by Crippen LogP contribution is -2.26. The Kier molecular flexibility index (Phi) is 4.85. The Morgan fingerprint density at radius 3 is 2.46 bits per heavy atom. The van der Waals surface area contributed by atoms with Gasteiger partial charge in [-0.15, -0.1) is 0 Å². The summed E-state index contributed by atoms with van der Waals surface area (Å²) < 4.78 is 0.951. The van der Waals surface area contributed by atoms with Gasteiger partial charge in [0.25, 0.3) is 0 Å². The van der Waals surface area contributed by atoms with E-state index in [0.29, 0.717) is 15.7 Å². The van der Waals surface area contributed by atoms with Crippen molar-refractivity contribution in [2.24, 2.45) is 11.0 Å². The molecule has 0 saturated heterocycles. The fourth-order valence-electron chi connectivity index (χ4n) is 2.83. The van der Waals surface area contributed by atoms with Crippen molar-refractivity contribution in [3.05, 3.63) is 62.5 Å². The molecule has 0 unspecified atom stereocenters. The lowest BCUT2D eigenvalue weighted by molar-refractivity contribution is -0.129. The summed E-state index contributed by atoms with van der Waals surface area (Å²) in [4.78, 5) is 11.5. The highest BCUT2D eigenvalue weighted by Gasteiger charge is 2.39. The molecule has 0 aromatic heterocycles. The molecule has 0 radical (unpaired) electrons. The topological polar surface area (TPSA) is 52.9 Å². The summed E-state index contributed by atoms with van der Waals surface area (Å²) >= 11 is 15.7. The normalized spacial score (nSPS) is 20.2. The third kappa shape index (κ3) is 3.16. The molecule has 0 saturated carbocycles. The highest BCUT2D eigenvalue weighted by Crippen LogP contribution is 2.42. The summed E-state index contributed by atoms with van der Waals surface area (Å²) in [6, 6.07) is 12.5. The van der Waals surface area contributed by atoms with Crippen molar-refractivity contribution < 1.29 is 9.90 Å². The quantitative estimate of drug-likeness (QED) is 0.713. The van der Waals surface area contributed by atoms with E-state index >= 15 is 0 Å². The highest BCUT2D eigenvalue weighted by molar-refractivity contribution is 9.10. The van der Waals surface area contributed by atoms with Crippen molar-refractivity contribution in [1.82, 2.24) is 0 Å². The fourth-order valence-corrected chi connectivity index (χ4v) is 3.59. The standard InChI is InChI=1S/C17H13BrCl2N2O2/c1-9-15(17(23)24)21-22(14-7-6-12(19)8-13(14)20)16(9)10-2-4-11(18)5-3-10/h2-9,16H,1H3,(H,23,24)/t9-,16-/m1/s1. The predicted octanol–water partition coefficient (Wildman–Crippen LogP) is 5.39. The van der Waals surface area contributed by atoms with E-state index in [0.717, 1.165) is 10.0 Å². The smallest absolute Gasteiger partial charge is 0.352 e. The number of nitrogens with zero attached hydrogens (tertiary/aromatic N) is 2. The molecule has 3 rings (SSSR count). The molecule has 0 spiro atoms. The molecule has 2 aromatic carbocycles. The largest absolute Gasteiger partial charge is 0.477 e. The summed E-state index contributed by atoms with van der Waals surface area (Å²) in [5.41, 5.74) is 1.68. The first-order chi connectivity index (χ1) is 11.4. The molecule has 124 valence electrons. The van der Waals surface area contributed by atoms with Crippen LogP contribution in [0.4, 0.5) is 5.69 Å². The molecule has 24 heavy (non-hydrogen) atoms. The maximum atomic E-state index is 11.5. The maximum Gasteiger partial charge on any atom is 0.352 e. The predicted molar refractivity (Wildman–Crippen MR) is 100 cm³/mol. The van der Waals surface area contributed by atoms with E-state index in [9.17, 15) is 9.90 Å². The van der Waals surface area contributed by atoms with E-state index in [-0.39, 0.29) is 17.7 Å². The van der Waals surface area contributed by atoms with E-state index < -0.39 is 5.97 Å². The molecule has 2 aromatic rings. The van der Waals surface area contributed by atoms with E-state index in [4.69, 9.17) is 23.2 Å². The van der Waals surface area contributed by atoms with Crippen LogP contribution in [-0.4, -0.2) is 16.8 Å². The summed E-state index contributed by atoms with van der Waals surface area (Å²) in [7, 11) is 0. The van der Waals surface area contributed by atoms with Crippen LogP contribution in [0.5, 0.6) is 0 Å². The zero-order chi connectivity index (χ0) is 17.4. The second-order valence-corrected chi connectivity index (χ2v) is 7.28. The van der Waals surface area contributed by atoms with Gasteiger partial charge in [-0.05, 0) is 35.9 Å². The van der Waals surface area contributed by atoms with Gasteiger partial charge in [0, 0.05) is 15.4 Å². The van der Waals surface area contributed by atoms with Crippen LogP contribution >= 0.6 is 39.1 Å². The van der Waals surface area contributed by atoms with Gasteiger partial charge in [0.05, 0.1) is 16.8 Å². The molecule has 2 atom stereocenters. The number of carboxylic acid groups (broad SMARTS) is 1. The third-order valence-corrected chi connectivity index (χ3v) is 5.04. The summed E-state index contributed by atoms with van der Waals surface area (Å²) in [6.45, 7) is 1.85. The number of carbonyl (C=O) groups is 1. The number of anilines is 1. The van der Waals surface area contributed by atoms with Crippen LogP contribution in [0.3, 0.4) is 0 Å². The summed E-state index contributed by atoms with van der Waals surface area (Å²) in [5.74, 6) is -1.33. The molecule has 1 heterocycles. The Balaban J connectivity index is 2.11. The fraction of sp³-hybridized carbons (Fsp3) is 0.176. The van der Waals surface area contributed by atoms with Gasteiger partial charge < -0.3 is 5.11 Å². The Labute approximate surface area is 157 Å². The van der Waals surface area contributed by atoms with Crippen molar-refractivity contribution in [1.29, 1.82) is 0 Å². The van der Waals surface area contributed by atoms with Crippen LogP contribution in [0.2, 0.25) is 10.0 Å². The second kappa shape index (κ2) is 6.75. The lowest BCUT2D eigenvalue weighted by Gasteiger charge is -2.27. The van der Waals surface area contributed by atoms with Gasteiger partial charge in [-0.2, -0.15) is 5.10 Å². The molecule has 0 fully saturated rings. The van der Waals surface area contributed by atoms with Gasteiger partial charge in [0.15, 0.2) is 5.71 Å². The first kappa shape index (κ1) is 17.3. The summed E-state index contributed by atoms with van der Waals surface area (Å²) in [6.07, 6.45) is 0. The monoisotopic (exact) mass is 426 g/mol. The molecule has 0 amide bonds. The minimum Gasteiger partial charge on any atom is -0.477 e. The summed E-state index contributed by atoms with van der Waals surface area (Å²) in [5, 5.41) is 16.4. The van der Waals surface area contributed by atoms with Crippen LogP contribution in [0.1, 0.15) is 18.5 Å². The Morgan fingerprint density at radius 2 is 1.88 bits per heavy atom. The van der Waals surface area contributed by atoms with Gasteiger partial charge >= 0.3 is 5.97 Å². The molecular formula is C17H13BrCl2N2O2. The molecule has 1 aliphatic heterocycles. The molecular weight excluding hydrogens is 415 g/mol. The SMILES string of the molecule is C[C@@H]1C(C(=O)O)=NN(c2ccc(Cl)cc2Cl)[C@H]1c1ccc(Br)cc1.